The molecular weight excluding hydrogens is 369 g/mol. The molecule has 152 valence electrons. The number of carbonyl (C=O) groups is 2. The maximum absolute atomic E-state index is 13.1. The summed E-state index contributed by atoms with van der Waals surface area (Å²) in [6.07, 6.45) is 0.269. The van der Waals surface area contributed by atoms with Crippen molar-refractivity contribution in [2.45, 2.75) is 20.3 Å². The second-order valence-electron chi connectivity index (χ2n) is 7.93. The quantitative estimate of drug-likeness (QED) is 0.802. The van der Waals surface area contributed by atoms with Gasteiger partial charge in [0.25, 0.3) is 0 Å². The Morgan fingerprint density at radius 2 is 1.59 bits per heavy atom. The highest BCUT2D eigenvalue weighted by atomic mass is 19.1. The van der Waals surface area contributed by atoms with Crippen molar-refractivity contribution in [3.8, 4) is 0 Å². The number of amides is 2. The van der Waals surface area contributed by atoms with Gasteiger partial charge in [-0.05, 0) is 49.2 Å². The summed E-state index contributed by atoms with van der Waals surface area (Å²) >= 11 is 0. The van der Waals surface area contributed by atoms with Crippen LogP contribution in [0.2, 0.25) is 0 Å². The molecule has 1 unspecified atom stereocenters. The molecule has 2 aliphatic heterocycles. The van der Waals surface area contributed by atoms with Gasteiger partial charge in [0.2, 0.25) is 11.8 Å². The first kappa shape index (κ1) is 19.4. The molecular formula is C23H26FN3O2. The van der Waals surface area contributed by atoms with E-state index in [0.717, 1.165) is 22.5 Å². The van der Waals surface area contributed by atoms with E-state index in [1.807, 2.05) is 36.9 Å². The molecule has 2 aromatic carbocycles. The highest BCUT2D eigenvalue weighted by Crippen LogP contribution is 2.31. The molecule has 2 saturated heterocycles. The Morgan fingerprint density at radius 3 is 2.21 bits per heavy atom. The van der Waals surface area contributed by atoms with Crippen LogP contribution < -0.4 is 9.80 Å². The monoisotopic (exact) mass is 395 g/mol. The zero-order chi connectivity index (χ0) is 20.5. The first-order chi connectivity index (χ1) is 13.9. The van der Waals surface area contributed by atoms with Crippen LogP contribution in [0, 0.1) is 25.6 Å². The molecule has 0 spiro atoms. The SMILES string of the molecule is Cc1cccc(C)c1N1CC(C(=O)N2CCN(c3ccc(F)cc3)CC2)CC1=O. The number of piperazine rings is 1. The van der Waals surface area contributed by atoms with Gasteiger partial charge >= 0.3 is 0 Å². The second kappa shape index (κ2) is 7.85. The Bertz CT molecular complexity index is 900. The third-order valence-electron chi connectivity index (χ3n) is 5.97. The summed E-state index contributed by atoms with van der Waals surface area (Å²) in [5, 5.41) is 0. The van der Waals surface area contributed by atoms with Crippen molar-refractivity contribution >= 4 is 23.2 Å². The van der Waals surface area contributed by atoms with E-state index < -0.39 is 0 Å². The lowest BCUT2D eigenvalue weighted by Gasteiger charge is -2.37. The molecule has 0 bridgehead atoms. The van der Waals surface area contributed by atoms with Crippen LogP contribution in [0.4, 0.5) is 15.8 Å². The van der Waals surface area contributed by atoms with E-state index in [9.17, 15) is 14.0 Å². The number of hydrogen-bond donors (Lipinski definition) is 0. The van der Waals surface area contributed by atoms with Crippen LogP contribution in [0.25, 0.3) is 0 Å². The summed E-state index contributed by atoms with van der Waals surface area (Å²) in [7, 11) is 0. The number of anilines is 2. The molecule has 29 heavy (non-hydrogen) atoms. The van der Waals surface area contributed by atoms with E-state index in [1.54, 1.807) is 17.0 Å². The van der Waals surface area contributed by atoms with Crippen molar-refractivity contribution in [1.82, 2.24) is 4.90 Å². The summed E-state index contributed by atoms with van der Waals surface area (Å²) in [6, 6.07) is 12.4. The first-order valence-corrected chi connectivity index (χ1v) is 10.1. The molecule has 4 rings (SSSR count). The number of aryl methyl sites for hydroxylation is 2. The average molecular weight is 395 g/mol. The Hall–Kier alpha value is -2.89. The molecule has 5 nitrogen and oxygen atoms in total. The van der Waals surface area contributed by atoms with Crippen molar-refractivity contribution in [1.29, 1.82) is 0 Å². The van der Waals surface area contributed by atoms with E-state index in [0.29, 0.717) is 32.7 Å². The molecule has 1 atom stereocenters. The molecule has 2 aromatic rings. The number of benzene rings is 2. The number of para-hydroxylation sites is 1. The van der Waals surface area contributed by atoms with Gasteiger partial charge in [0.15, 0.2) is 0 Å². The molecule has 2 fully saturated rings. The summed E-state index contributed by atoms with van der Waals surface area (Å²) in [4.78, 5) is 31.5. The molecule has 0 aliphatic carbocycles. The Morgan fingerprint density at radius 1 is 0.966 bits per heavy atom. The number of carbonyl (C=O) groups excluding carboxylic acids is 2. The highest BCUT2D eigenvalue weighted by Gasteiger charge is 2.38. The lowest BCUT2D eigenvalue weighted by atomic mass is 10.1. The van der Waals surface area contributed by atoms with E-state index in [-0.39, 0.29) is 30.0 Å². The molecule has 0 radical (unpaired) electrons. The van der Waals surface area contributed by atoms with E-state index in [4.69, 9.17) is 0 Å². The third-order valence-corrected chi connectivity index (χ3v) is 5.97. The zero-order valence-corrected chi connectivity index (χ0v) is 16.9. The minimum atomic E-state index is -0.293. The lowest BCUT2D eigenvalue weighted by molar-refractivity contribution is -0.136. The van der Waals surface area contributed by atoms with Crippen LogP contribution in [-0.2, 0) is 9.59 Å². The van der Waals surface area contributed by atoms with Gasteiger partial charge in [0.05, 0.1) is 5.92 Å². The number of nitrogens with zero attached hydrogens (tertiary/aromatic N) is 3. The third kappa shape index (κ3) is 3.84. The molecule has 2 aliphatic rings. The standard InChI is InChI=1S/C23H26FN3O2/c1-16-4-3-5-17(2)22(16)27-15-18(14-21(27)28)23(29)26-12-10-25(11-13-26)20-8-6-19(24)7-9-20/h3-9,18H,10-15H2,1-2H3. The van der Waals surface area contributed by atoms with Crippen LogP contribution in [-0.4, -0.2) is 49.4 Å². The molecule has 0 N–H and O–H groups in total. The van der Waals surface area contributed by atoms with Gasteiger partial charge in [-0.15, -0.1) is 0 Å². The van der Waals surface area contributed by atoms with Crippen molar-refractivity contribution in [3.05, 3.63) is 59.4 Å². The van der Waals surface area contributed by atoms with E-state index in [2.05, 4.69) is 4.90 Å². The van der Waals surface area contributed by atoms with Gasteiger partial charge in [0, 0.05) is 50.5 Å². The van der Waals surface area contributed by atoms with Gasteiger partial charge in [-0.25, -0.2) is 4.39 Å². The zero-order valence-electron chi connectivity index (χ0n) is 16.9. The average Bonchev–Trinajstić information content (AvgIpc) is 3.09. The minimum Gasteiger partial charge on any atom is -0.368 e. The molecule has 2 amide bonds. The fraction of sp³-hybridized carbons (Fsp3) is 0.391. The van der Waals surface area contributed by atoms with Crippen LogP contribution in [0.3, 0.4) is 0 Å². The van der Waals surface area contributed by atoms with Crippen molar-refractivity contribution in [2.75, 3.05) is 42.5 Å². The predicted octanol–water partition coefficient (Wildman–Crippen LogP) is 3.14. The van der Waals surface area contributed by atoms with Gasteiger partial charge in [-0.2, -0.15) is 0 Å². The molecule has 0 saturated carbocycles. The highest BCUT2D eigenvalue weighted by molar-refractivity contribution is 6.01. The summed E-state index contributed by atoms with van der Waals surface area (Å²) in [6.45, 7) is 7.09. The van der Waals surface area contributed by atoms with Gasteiger partial charge in [-0.1, -0.05) is 18.2 Å². The van der Waals surface area contributed by atoms with Crippen LogP contribution in [0.1, 0.15) is 17.5 Å². The Labute approximate surface area is 170 Å². The van der Waals surface area contributed by atoms with Crippen LogP contribution in [0.15, 0.2) is 42.5 Å². The Kier molecular flexibility index (Phi) is 5.26. The largest absolute Gasteiger partial charge is 0.368 e. The number of halogens is 1. The van der Waals surface area contributed by atoms with Crippen molar-refractivity contribution in [2.24, 2.45) is 5.92 Å². The van der Waals surface area contributed by atoms with Gasteiger partial charge in [-0.3, -0.25) is 9.59 Å². The molecule has 0 aromatic heterocycles. The number of rotatable bonds is 3. The summed E-state index contributed by atoms with van der Waals surface area (Å²) in [5.41, 5.74) is 4.02. The summed E-state index contributed by atoms with van der Waals surface area (Å²) < 4.78 is 13.1. The molecule has 2 heterocycles. The van der Waals surface area contributed by atoms with Gasteiger partial charge in [0.1, 0.15) is 5.82 Å². The minimum absolute atomic E-state index is 0.0192. The maximum Gasteiger partial charge on any atom is 0.228 e. The fourth-order valence-electron chi connectivity index (χ4n) is 4.42. The fourth-order valence-corrected chi connectivity index (χ4v) is 4.42. The Balaban J connectivity index is 1.39. The van der Waals surface area contributed by atoms with E-state index in [1.165, 1.54) is 12.1 Å². The van der Waals surface area contributed by atoms with Crippen molar-refractivity contribution < 1.29 is 14.0 Å². The lowest BCUT2D eigenvalue weighted by Crippen LogP contribution is -2.50. The predicted molar refractivity (Wildman–Crippen MR) is 112 cm³/mol. The number of hydrogen-bond acceptors (Lipinski definition) is 3. The normalized spacial score (nSPS) is 19.8. The van der Waals surface area contributed by atoms with Crippen molar-refractivity contribution in [3.63, 3.8) is 0 Å². The van der Waals surface area contributed by atoms with E-state index >= 15 is 0 Å². The smallest absolute Gasteiger partial charge is 0.228 e. The van der Waals surface area contributed by atoms with Crippen LogP contribution in [0.5, 0.6) is 0 Å². The maximum atomic E-state index is 13.1. The van der Waals surface area contributed by atoms with Crippen LogP contribution >= 0.6 is 0 Å². The molecule has 6 heteroatoms. The first-order valence-electron chi connectivity index (χ1n) is 10.1. The second-order valence-corrected chi connectivity index (χ2v) is 7.93. The van der Waals surface area contributed by atoms with Gasteiger partial charge < -0.3 is 14.7 Å². The summed E-state index contributed by atoms with van der Waals surface area (Å²) in [5.74, 6) is -0.461. The topological polar surface area (TPSA) is 43.9 Å².